The summed E-state index contributed by atoms with van der Waals surface area (Å²) in [5.74, 6) is 2.01. The lowest BCUT2D eigenvalue weighted by molar-refractivity contribution is -0.127. The molecule has 0 spiro atoms. The highest BCUT2D eigenvalue weighted by Gasteiger charge is 2.16. The summed E-state index contributed by atoms with van der Waals surface area (Å²) >= 11 is 0. The van der Waals surface area contributed by atoms with Crippen molar-refractivity contribution < 1.29 is 19.0 Å². The zero-order chi connectivity index (χ0) is 19.9. The summed E-state index contributed by atoms with van der Waals surface area (Å²) < 4.78 is 16.4. The van der Waals surface area contributed by atoms with E-state index in [2.05, 4.69) is 26.1 Å². The number of benzene rings is 2. The number of rotatable bonds is 8. The van der Waals surface area contributed by atoms with Gasteiger partial charge in [-0.1, -0.05) is 32.9 Å². The number of carbonyl (C=O) groups excluding carboxylic acids is 1. The third-order valence-electron chi connectivity index (χ3n) is 4.13. The number of methoxy groups -OCH3 is 1. The third kappa shape index (κ3) is 6.51. The number of nitrogens with one attached hydrogen (secondary N) is 1. The largest absolute Gasteiger partial charge is 0.497 e. The molecular formula is C22H29NO4. The standard InChI is InChI=1S/C22H29NO4/c1-16(27-20-8-6-17(7-9-20)22(2,3)4)21(24)23-14-15-26-19-12-10-18(25-5)11-13-19/h6-13,16H,14-15H2,1-5H3,(H,23,24)/t16-/m1/s1. The zero-order valence-corrected chi connectivity index (χ0v) is 16.7. The smallest absolute Gasteiger partial charge is 0.260 e. The fraction of sp³-hybridized carbons (Fsp3) is 0.409. The molecule has 1 amide bonds. The second-order valence-corrected chi connectivity index (χ2v) is 7.35. The topological polar surface area (TPSA) is 56.8 Å². The van der Waals surface area contributed by atoms with Crippen LogP contribution in [0.2, 0.25) is 0 Å². The third-order valence-corrected chi connectivity index (χ3v) is 4.13. The van der Waals surface area contributed by atoms with Gasteiger partial charge in [-0.25, -0.2) is 0 Å². The summed E-state index contributed by atoms with van der Waals surface area (Å²) in [6.07, 6.45) is -0.577. The van der Waals surface area contributed by atoms with Gasteiger partial charge in [0, 0.05) is 0 Å². The van der Waals surface area contributed by atoms with E-state index in [9.17, 15) is 4.79 Å². The lowest BCUT2D eigenvalue weighted by Gasteiger charge is -2.20. The van der Waals surface area contributed by atoms with Crippen LogP contribution in [0.15, 0.2) is 48.5 Å². The Hall–Kier alpha value is -2.69. The number of hydrogen-bond donors (Lipinski definition) is 1. The molecule has 0 aromatic heterocycles. The number of ether oxygens (including phenoxy) is 3. The van der Waals surface area contributed by atoms with Crippen LogP contribution in [-0.2, 0) is 10.2 Å². The van der Waals surface area contributed by atoms with Gasteiger partial charge in [-0.05, 0) is 54.3 Å². The predicted octanol–water partition coefficient (Wildman–Crippen LogP) is 3.96. The molecule has 1 atom stereocenters. The molecule has 1 N–H and O–H groups in total. The van der Waals surface area contributed by atoms with Crippen LogP contribution in [0.3, 0.4) is 0 Å². The lowest BCUT2D eigenvalue weighted by Crippen LogP contribution is -2.38. The van der Waals surface area contributed by atoms with Gasteiger partial charge >= 0.3 is 0 Å². The van der Waals surface area contributed by atoms with Gasteiger partial charge in [-0.2, -0.15) is 0 Å². The van der Waals surface area contributed by atoms with E-state index in [0.717, 1.165) is 11.5 Å². The van der Waals surface area contributed by atoms with Crippen molar-refractivity contribution in [2.75, 3.05) is 20.3 Å². The maximum absolute atomic E-state index is 12.2. The molecule has 2 rings (SSSR count). The molecule has 0 unspecified atom stereocenters. The van der Waals surface area contributed by atoms with Gasteiger partial charge in [-0.3, -0.25) is 4.79 Å². The van der Waals surface area contributed by atoms with E-state index in [1.54, 1.807) is 14.0 Å². The molecule has 0 fully saturated rings. The van der Waals surface area contributed by atoms with Crippen LogP contribution in [0.1, 0.15) is 33.3 Å². The van der Waals surface area contributed by atoms with E-state index in [1.807, 2.05) is 48.5 Å². The molecule has 146 valence electrons. The number of carbonyl (C=O) groups is 1. The summed E-state index contributed by atoms with van der Waals surface area (Å²) in [4.78, 5) is 12.2. The first kappa shape index (κ1) is 20.6. The minimum Gasteiger partial charge on any atom is -0.497 e. The average molecular weight is 371 g/mol. The van der Waals surface area contributed by atoms with Crippen LogP contribution in [0.5, 0.6) is 17.2 Å². The van der Waals surface area contributed by atoms with Gasteiger partial charge in [0.25, 0.3) is 5.91 Å². The van der Waals surface area contributed by atoms with Crippen LogP contribution in [-0.4, -0.2) is 32.3 Å². The highest BCUT2D eigenvalue weighted by molar-refractivity contribution is 5.80. The van der Waals surface area contributed by atoms with Crippen LogP contribution < -0.4 is 19.5 Å². The van der Waals surface area contributed by atoms with E-state index < -0.39 is 6.10 Å². The molecule has 0 aliphatic carbocycles. The Morgan fingerprint density at radius 1 is 0.963 bits per heavy atom. The quantitative estimate of drug-likeness (QED) is 0.714. The Kier molecular flexibility index (Phi) is 7.11. The Morgan fingerprint density at radius 3 is 2.07 bits per heavy atom. The van der Waals surface area contributed by atoms with E-state index in [-0.39, 0.29) is 11.3 Å². The molecule has 0 radical (unpaired) electrons. The van der Waals surface area contributed by atoms with Crippen molar-refractivity contribution >= 4 is 5.91 Å². The highest BCUT2D eigenvalue weighted by Crippen LogP contribution is 2.24. The van der Waals surface area contributed by atoms with Crippen molar-refractivity contribution in [3.63, 3.8) is 0 Å². The second kappa shape index (κ2) is 9.31. The fourth-order valence-corrected chi connectivity index (χ4v) is 2.45. The average Bonchev–Trinajstić information content (AvgIpc) is 2.65. The molecule has 5 heteroatoms. The molecule has 2 aromatic rings. The number of hydrogen-bond acceptors (Lipinski definition) is 4. The molecule has 27 heavy (non-hydrogen) atoms. The maximum atomic E-state index is 12.2. The highest BCUT2D eigenvalue weighted by atomic mass is 16.5. The fourth-order valence-electron chi connectivity index (χ4n) is 2.45. The Balaban J connectivity index is 1.73. The van der Waals surface area contributed by atoms with Crippen molar-refractivity contribution in [2.45, 2.75) is 39.2 Å². The monoisotopic (exact) mass is 371 g/mol. The molecule has 0 saturated heterocycles. The van der Waals surface area contributed by atoms with E-state index in [0.29, 0.717) is 18.9 Å². The van der Waals surface area contributed by atoms with Gasteiger partial charge in [0.1, 0.15) is 23.9 Å². The summed E-state index contributed by atoms with van der Waals surface area (Å²) in [5.41, 5.74) is 1.31. The minimum atomic E-state index is -0.577. The van der Waals surface area contributed by atoms with Crippen molar-refractivity contribution in [3.8, 4) is 17.2 Å². The van der Waals surface area contributed by atoms with Gasteiger partial charge in [0.05, 0.1) is 13.7 Å². The van der Waals surface area contributed by atoms with Crippen LogP contribution in [0, 0.1) is 0 Å². The van der Waals surface area contributed by atoms with Gasteiger partial charge in [-0.15, -0.1) is 0 Å². The molecule has 2 aromatic carbocycles. The van der Waals surface area contributed by atoms with Gasteiger partial charge in [0.15, 0.2) is 6.10 Å². The Bertz CT molecular complexity index is 717. The van der Waals surface area contributed by atoms with E-state index in [4.69, 9.17) is 14.2 Å². The maximum Gasteiger partial charge on any atom is 0.260 e. The Labute approximate surface area is 161 Å². The SMILES string of the molecule is COc1ccc(OCCNC(=O)[C@@H](C)Oc2ccc(C(C)(C)C)cc2)cc1. The molecule has 0 aliphatic heterocycles. The van der Waals surface area contributed by atoms with Crippen molar-refractivity contribution in [1.29, 1.82) is 0 Å². The minimum absolute atomic E-state index is 0.0887. The van der Waals surface area contributed by atoms with Crippen molar-refractivity contribution in [2.24, 2.45) is 0 Å². The molecular weight excluding hydrogens is 342 g/mol. The summed E-state index contributed by atoms with van der Waals surface area (Å²) in [7, 11) is 1.62. The van der Waals surface area contributed by atoms with Crippen molar-refractivity contribution in [1.82, 2.24) is 5.32 Å². The summed E-state index contributed by atoms with van der Waals surface area (Å²) in [5, 5.41) is 2.82. The van der Waals surface area contributed by atoms with Crippen LogP contribution >= 0.6 is 0 Å². The first-order valence-corrected chi connectivity index (χ1v) is 9.11. The van der Waals surface area contributed by atoms with E-state index in [1.165, 1.54) is 5.56 Å². The molecule has 0 heterocycles. The molecule has 0 bridgehead atoms. The second-order valence-electron chi connectivity index (χ2n) is 7.35. The molecule has 0 aliphatic rings. The summed E-state index contributed by atoms with van der Waals surface area (Å²) in [6.45, 7) is 9.00. The molecule has 0 saturated carbocycles. The lowest BCUT2D eigenvalue weighted by atomic mass is 9.87. The Morgan fingerprint density at radius 2 is 1.52 bits per heavy atom. The number of amides is 1. The van der Waals surface area contributed by atoms with E-state index >= 15 is 0 Å². The molecule has 5 nitrogen and oxygen atoms in total. The van der Waals surface area contributed by atoms with Crippen LogP contribution in [0.25, 0.3) is 0 Å². The van der Waals surface area contributed by atoms with Gasteiger partial charge < -0.3 is 19.5 Å². The summed E-state index contributed by atoms with van der Waals surface area (Å²) in [6, 6.07) is 15.2. The van der Waals surface area contributed by atoms with Gasteiger partial charge in [0.2, 0.25) is 0 Å². The normalized spacial score (nSPS) is 12.2. The first-order valence-electron chi connectivity index (χ1n) is 9.11. The first-order chi connectivity index (χ1) is 12.8. The zero-order valence-electron chi connectivity index (χ0n) is 16.7. The van der Waals surface area contributed by atoms with Crippen LogP contribution in [0.4, 0.5) is 0 Å². The predicted molar refractivity (Wildman–Crippen MR) is 107 cm³/mol. The van der Waals surface area contributed by atoms with Crippen molar-refractivity contribution in [3.05, 3.63) is 54.1 Å².